The smallest absolute Gasteiger partial charge is 0.328 e. The highest BCUT2D eigenvalue weighted by molar-refractivity contribution is 5.92. The number of aromatic amines is 1. The monoisotopic (exact) mass is 409 g/mol. The summed E-state index contributed by atoms with van der Waals surface area (Å²) in [5.41, 5.74) is 0.763. The van der Waals surface area contributed by atoms with Gasteiger partial charge in [0.15, 0.2) is 6.61 Å². The number of H-pyrrole nitrogens is 1. The maximum atomic E-state index is 12.4. The molecule has 2 aromatic carbocycles. The van der Waals surface area contributed by atoms with Gasteiger partial charge in [-0.2, -0.15) is 0 Å². The number of hydrogen-bond donors (Lipinski definition) is 2. The van der Waals surface area contributed by atoms with E-state index in [0.29, 0.717) is 11.6 Å². The van der Waals surface area contributed by atoms with Gasteiger partial charge in [0.2, 0.25) is 0 Å². The third kappa shape index (κ3) is 4.83. The van der Waals surface area contributed by atoms with E-state index in [1.54, 1.807) is 24.3 Å². The van der Waals surface area contributed by atoms with Crippen LogP contribution in [0, 0.1) is 0 Å². The number of nitrogens with zero attached hydrogens (tertiary/aromatic N) is 1. The topological polar surface area (TPSA) is 110 Å². The SMILES string of the molecule is CC[C@H](C)c1ccc(NC(=O)COC(=O)Cn2[nH]c(=O)c3ccccc3c2=O)cc1. The van der Waals surface area contributed by atoms with E-state index in [1.165, 1.54) is 17.7 Å². The number of benzene rings is 2. The van der Waals surface area contributed by atoms with Crippen molar-refractivity contribution >= 4 is 28.3 Å². The molecule has 0 aliphatic heterocycles. The van der Waals surface area contributed by atoms with Crippen LogP contribution in [0.25, 0.3) is 10.8 Å². The molecule has 0 unspecified atom stereocenters. The summed E-state index contributed by atoms with van der Waals surface area (Å²) in [6, 6.07) is 13.8. The van der Waals surface area contributed by atoms with Gasteiger partial charge in [0, 0.05) is 5.69 Å². The molecule has 0 fully saturated rings. The quantitative estimate of drug-likeness (QED) is 0.582. The van der Waals surface area contributed by atoms with Crippen molar-refractivity contribution in [2.75, 3.05) is 11.9 Å². The first-order valence-corrected chi connectivity index (χ1v) is 9.66. The van der Waals surface area contributed by atoms with Crippen LogP contribution in [0.15, 0.2) is 58.1 Å². The second-order valence-corrected chi connectivity index (χ2v) is 7.02. The minimum absolute atomic E-state index is 0.202. The van der Waals surface area contributed by atoms with Gasteiger partial charge in [0.1, 0.15) is 6.54 Å². The van der Waals surface area contributed by atoms with Crippen molar-refractivity contribution in [1.29, 1.82) is 0 Å². The molecule has 8 heteroatoms. The average molecular weight is 409 g/mol. The standard InChI is InChI=1S/C22H23N3O5/c1-3-14(2)15-8-10-16(11-9-15)23-19(26)13-30-20(27)12-25-22(29)18-7-5-4-6-17(18)21(28)24-25/h4-11,14H,3,12-13H2,1-2H3,(H,23,26)(H,24,28)/t14-/m0/s1. The molecule has 3 rings (SSSR count). The fourth-order valence-corrected chi connectivity index (χ4v) is 3.01. The lowest BCUT2D eigenvalue weighted by molar-refractivity contribution is -0.148. The molecule has 1 aromatic heterocycles. The van der Waals surface area contributed by atoms with Crippen LogP contribution in [0.5, 0.6) is 0 Å². The van der Waals surface area contributed by atoms with E-state index < -0.39 is 36.1 Å². The molecule has 1 amide bonds. The van der Waals surface area contributed by atoms with Gasteiger partial charge in [-0.3, -0.25) is 24.3 Å². The maximum Gasteiger partial charge on any atom is 0.328 e. The third-order valence-corrected chi connectivity index (χ3v) is 4.91. The normalized spacial score (nSPS) is 11.8. The van der Waals surface area contributed by atoms with E-state index in [2.05, 4.69) is 24.3 Å². The van der Waals surface area contributed by atoms with Crippen LogP contribution in [0.4, 0.5) is 5.69 Å². The Morgan fingerprint density at radius 1 is 1.07 bits per heavy atom. The minimum atomic E-state index is -0.815. The van der Waals surface area contributed by atoms with Crippen LogP contribution in [0.2, 0.25) is 0 Å². The molecule has 30 heavy (non-hydrogen) atoms. The predicted octanol–water partition coefficient (Wildman–Crippen LogP) is 2.39. The van der Waals surface area contributed by atoms with Crippen LogP contribution < -0.4 is 16.4 Å². The Bertz CT molecular complexity index is 1180. The van der Waals surface area contributed by atoms with E-state index in [1.807, 2.05) is 12.1 Å². The molecule has 3 aromatic rings. The summed E-state index contributed by atoms with van der Waals surface area (Å²) in [4.78, 5) is 48.5. The molecule has 2 N–H and O–H groups in total. The van der Waals surface area contributed by atoms with E-state index in [0.717, 1.165) is 11.1 Å². The number of anilines is 1. The van der Waals surface area contributed by atoms with Crippen LogP contribution in [-0.4, -0.2) is 28.3 Å². The highest BCUT2D eigenvalue weighted by Gasteiger charge is 2.13. The molecule has 0 bridgehead atoms. The molecule has 8 nitrogen and oxygen atoms in total. The molecule has 156 valence electrons. The minimum Gasteiger partial charge on any atom is -0.454 e. The highest BCUT2D eigenvalue weighted by atomic mass is 16.5. The number of ether oxygens (including phenoxy) is 1. The van der Waals surface area contributed by atoms with Crippen LogP contribution in [-0.2, 0) is 20.9 Å². The number of fused-ring (bicyclic) bond motifs is 1. The number of amides is 1. The molecule has 0 saturated carbocycles. The van der Waals surface area contributed by atoms with Gasteiger partial charge in [-0.15, -0.1) is 0 Å². The van der Waals surface area contributed by atoms with Crippen molar-refractivity contribution in [3.8, 4) is 0 Å². The number of esters is 1. The maximum absolute atomic E-state index is 12.4. The van der Waals surface area contributed by atoms with Crippen LogP contribution in [0.1, 0.15) is 31.7 Å². The lowest BCUT2D eigenvalue weighted by atomic mass is 9.99. The Morgan fingerprint density at radius 2 is 1.73 bits per heavy atom. The second kappa shape index (κ2) is 9.21. The molecular weight excluding hydrogens is 386 g/mol. The fourth-order valence-electron chi connectivity index (χ4n) is 3.01. The first-order valence-electron chi connectivity index (χ1n) is 9.66. The van der Waals surface area contributed by atoms with Crippen molar-refractivity contribution < 1.29 is 14.3 Å². The Balaban J connectivity index is 1.58. The summed E-state index contributed by atoms with van der Waals surface area (Å²) < 4.78 is 5.81. The molecule has 0 saturated heterocycles. The van der Waals surface area contributed by atoms with E-state index in [-0.39, 0.29) is 10.8 Å². The Morgan fingerprint density at radius 3 is 2.40 bits per heavy atom. The van der Waals surface area contributed by atoms with Crippen LogP contribution in [0.3, 0.4) is 0 Å². The zero-order chi connectivity index (χ0) is 21.7. The fraction of sp³-hybridized carbons (Fsp3) is 0.273. The van der Waals surface area contributed by atoms with Crippen molar-refractivity contribution in [2.24, 2.45) is 0 Å². The summed E-state index contributed by atoms with van der Waals surface area (Å²) in [7, 11) is 0. The molecular formula is C22H23N3O5. The Hall–Kier alpha value is -3.68. The summed E-state index contributed by atoms with van der Waals surface area (Å²) >= 11 is 0. The molecule has 0 radical (unpaired) electrons. The third-order valence-electron chi connectivity index (χ3n) is 4.91. The van der Waals surface area contributed by atoms with Gasteiger partial charge in [-0.05, 0) is 42.2 Å². The van der Waals surface area contributed by atoms with E-state index >= 15 is 0 Å². The summed E-state index contributed by atoms with van der Waals surface area (Å²) in [5, 5.41) is 5.43. The molecule has 0 spiro atoms. The van der Waals surface area contributed by atoms with Gasteiger partial charge < -0.3 is 10.1 Å². The largest absolute Gasteiger partial charge is 0.454 e. The predicted molar refractivity (Wildman–Crippen MR) is 114 cm³/mol. The first kappa shape index (κ1) is 21.0. The van der Waals surface area contributed by atoms with Crippen molar-refractivity contribution in [3.05, 3.63) is 74.8 Å². The lowest BCUT2D eigenvalue weighted by Gasteiger charge is -2.11. The Labute approximate surface area is 172 Å². The van der Waals surface area contributed by atoms with Gasteiger partial charge in [0.25, 0.3) is 17.0 Å². The number of nitrogens with one attached hydrogen (secondary N) is 2. The van der Waals surface area contributed by atoms with Crippen molar-refractivity contribution in [1.82, 2.24) is 9.78 Å². The number of carbonyl (C=O) groups excluding carboxylic acids is 2. The molecule has 0 aliphatic carbocycles. The molecule has 1 heterocycles. The van der Waals surface area contributed by atoms with Gasteiger partial charge in [0.05, 0.1) is 10.8 Å². The zero-order valence-electron chi connectivity index (χ0n) is 16.8. The summed E-state index contributed by atoms with van der Waals surface area (Å²) in [5.74, 6) is -0.884. The number of carbonyl (C=O) groups is 2. The van der Waals surface area contributed by atoms with Gasteiger partial charge in [-0.1, -0.05) is 38.1 Å². The summed E-state index contributed by atoms with van der Waals surface area (Å²) in [6.07, 6.45) is 1.02. The number of hydrogen-bond acceptors (Lipinski definition) is 5. The van der Waals surface area contributed by atoms with Crippen molar-refractivity contribution in [2.45, 2.75) is 32.7 Å². The van der Waals surface area contributed by atoms with Gasteiger partial charge >= 0.3 is 5.97 Å². The second-order valence-electron chi connectivity index (χ2n) is 7.02. The lowest BCUT2D eigenvalue weighted by Crippen LogP contribution is -2.33. The summed E-state index contributed by atoms with van der Waals surface area (Å²) in [6.45, 7) is 3.23. The average Bonchev–Trinajstić information content (AvgIpc) is 2.76. The molecule has 1 atom stereocenters. The number of rotatable bonds is 7. The van der Waals surface area contributed by atoms with E-state index in [9.17, 15) is 19.2 Å². The molecule has 0 aliphatic rings. The Kier molecular flexibility index (Phi) is 6.46. The zero-order valence-corrected chi connectivity index (χ0v) is 16.8. The number of aromatic nitrogens is 2. The van der Waals surface area contributed by atoms with Gasteiger partial charge in [-0.25, -0.2) is 4.68 Å². The highest BCUT2D eigenvalue weighted by Crippen LogP contribution is 2.20. The first-order chi connectivity index (χ1) is 14.4. The van der Waals surface area contributed by atoms with E-state index in [4.69, 9.17) is 4.74 Å². The van der Waals surface area contributed by atoms with Crippen molar-refractivity contribution in [3.63, 3.8) is 0 Å². The van der Waals surface area contributed by atoms with Crippen LogP contribution >= 0.6 is 0 Å².